The summed E-state index contributed by atoms with van der Waals surface area (Å²) in [5.74, 6) is -3.56. The molecule has 1 unspecified atom stereocenters. The first-order valence-corrected chi connectivity index (χ1v) is 8.23. The SMILES string of the molecule is CC(C)(C)OC(=O)NCCCC[C@@H](C(=O)O)N1CC(C(=O)O)CC1=O. The van der Waals surface area contributed by atoms with E-state index in [1.165, 1.54) is 0 Å². The topological polar surface area (TPSA) is 133 Å². The van der Waals surface area contributed by atoms with Gasteiger partial charge in [-0.15, -0.1) is 0 Å². The third kappa shape index (κ3) is 6.98. The number of likely N-dealkylation sites (tertiary alicyclic amines) is 1. The van der Waals surface area contributed by atoms with E-state index < -0.39 is 41.5 Å². The summed E-state index contributed by atoms with van der Waals surface area (Å²) in [6.07, 6.45) is 0.478. The van der Waals surface area contributed by atoms with Crippen LogP contribution in [-0.2, 0) is 19.1 Å². The molecule has 9 heteroatoms. The second-order valence-corrected chi connectivity index (χ2v) is 7.06. The number of hydrogen-bond donors (Lipinski definition) is 3. The molecule has 1 aliphatic rings. The Bertz CT molecular complexity index is 527. The van der Waals surface area contributed by atoms with E-state index in [0.29, 0.717) is 19.4 Å². The number of carbonyl (C=O) groups excluding carboxylic acids is 2. The van der Waals surface area contributed by atoms with Gasteiger partial charge in [0.2, 0.25) is 5.91 Å². The van der Waals surface area contributed by atoms with Crippen LogP contribution in [0.15, 0.2) is 0 Å². The fourth-order valence-electron chi connectivity index (χ4n) is 2.58. The van der Waals surface area contributed by atoms with Crippen molar-refractivity contribution in [1.29, 1.82) is 0 Å². The van der Waals surface area contributed by atoms with Crippen LogP contribution in [0.3, 0.4) is 0 Å². The molecule has 1 heterocycles. The number of aliphatic carboxylic acids is 2. The van der Waals surface area contributed by atoms with Crippen molar-refractivity contribution in [2.24, 2.45) is 5.92 Å². The van der Waals surface area contributed by atoms with E-state index in [9.17, 15) is 24.3 Å². The second-order valence-electron chi connectivity index (χ2n) is 7.06. The van der Waals surface area contributed by atoms with Crippen LogP contribution in [0.2, 0.25) is 0 Å². The molecule has 1 fully saturated rings. The third-order valence-electron chi connectivity index (χ3n) is 3.74. The van der Waals surface area contributed by atoms with Crippen LogP contribution < -0.4 is 5.32 Å². The molecule has 1 aliphatic heterocycles. The molecule has 3 N–H and O–H groups in total. The number of alkyl carbamates (subject to hydrolysis) is 1. The first kappa shape index (κ1) is 20.7. The Morgan fingerprint density at radius 3 is 2.40 bits per heavy atom. The van der Waals surface area contributed by atoms with E-state index >= 15 is 0 Å². The van der Waals surface area contributed by atoms with E-state index in [-0.39, 0.29) is 19.4 Å². The summed E-state index contributed by atoms with van der Waals surface area (Å²) in [5, 5.41) is 20.9. The van der Waals surface area contributed by atoms with Crippen LogP contribution in [0.5, 0.6) is 0 Å². The average Bonchev–Trinajstić information content (AvgIpc) is 2.82. The summed E-state index contributed by atoms with van der Waals surface area (Å²) in [6, 6.07) is -1.04. The molecule has 1 rings (SSSR count). The molecule has 0 aliphatic carbocycles. The number of ether oxygens (including phenoxy) is 1. The smallest absolute Gasteiger partial charge is 0.407 e. The molecule has 0 radical (unpaired) electrons. The van der Waals surface area contributed by atoms with Gasteiger partial charge in [0.05, 0.1) is 5.92 Å². The van der Waals surface area contributed by atoms with Crippen LogP contribution in [0.4, 0.5) is 4.79 Å². The quantitative estimate of drug-likeness (QED) is 0.553. The van der Waals surface area contributed by atoms with Crippen molar-refractivity contribution in [1.82, 2.24) is 10.2 Å². The van der Waals surface area contributed by atoms with Crippen molar-refractivity contribution in [3.8, 4) is 0 Å². The Kier molecular flexibility index (Phi) is 7.20. The molecule has 0 aromatic carbocycles. The highest BCUT2D eigenvalue weighted by atomic mass is 16.6. The predicted octanol–water partition coefficient (Wildman–Crippen LogP) is 1.07. The van der Waals surface area contributed by atoms with Crippen LogP contribution in [0, 0.1) is 5.92 Å². The third-order valence-corrected chi connectivity index (χ3v) is 3.74. The van der Waals surface area contributed by atoms with Gasteiger partial charge in [-0.25, -0.2) is 9.59 Å². The van der Waals surface area contributed by atoms with Crippen LogP contribution >= 0.6 is 0 Å². The monoisotopic (exact) mass is 358 g/mol. The standard InChI is InChI=1S/C16H26N2O7/c1-16(2,3)25-15(24)17-7-5-4-6-11(14(22)23)18-9-10(13(20)21)8-12(18)19/h10-11H,4-9H2,1-3H3,(H,17,24)(H,20,21)(H,22,23)/t10?,11-/m0/s1. The van der Waals surface area contributed by atoms with E-state index in [1.807, 2.05) is 0 Å². The van der Waals surface area contributed by atoms with Gasteiger partial charge in [0.25, 0.3) is 0 Å². The van der Waals surface area contributed by atoms with Crippen molar-refractivity contribution >= 4 is 23.9 Å². The van der Waals surface area contributed by atoms with Gasteiger partial charge in [0.1, 0.15) is 11.6 Å². The first-order valence-electron chi connectivity index (χ1n) is 8.23. The Balaban J connectivity index is 2.40. The van der Waals surface area contributed by atoms with Gasteiger partial charge in [-0.2, -0.15) is 0 Å². The van der Waals surface area contributed by atoms with Gasteiger partial charge in [-0.3, -0.25) is 9.59 Å². The summed E-state index contributed by atoms with van der Waals surface area (Å²) in [4.78, 5) is 46.9. The lowest BCUT2D eigenvalue weighted by Crippen LogP contribution is -2.42. The molecule has 0 aromatic heterocycles. The highest BCUT2D eigenvalue weighted by molar-refractivity contribution is 5.89. The molecule has 1 saturated heterocycles. The van der Waals surface area contributed by atoms with Crippen molar-refractivity contribution < 1.29 is 34.1 Å². The zero-order chi connectivity index (χ0) is 19.2. The summed E-state index contributed by atoms with van der Waals surface area (Å²) in [7, 11) is 0. The van der Waals surface area contributed by atoms with E-state index in [1.54, 1.807) is 20.8 Å². The Morgan fingerprint density at radius 1 is 1.28 bits per heavy atom. The zero-order valence-electron chi connectivity index (χ0n) is 14.8. The minimum Gasteiger partial charge on any atom is -0.481 e. The molecule has 2 amide bonds. The molecule has 0 bridgehead atoms. The maximum absolute atomic E-state index is 11.9. The Morgan fingerprint density at radius 2 is 1.92 bits per heavy atom. The number of nitrogens with one attached hydrogen (secondary N) is 1. The first-order chi connectivity index (χ1) is 11.5. The van der Waals surface area contributed by atoms with Crippen LogP contribution in [-0.4, -0.2) is 63.8 Å². The van der Waals surface area contributed by atoms with Crippen LogP contribution in [0.1, 0.15) is 46.5 Å². The second kappa shape index (κ2) is 8.68. The number of carbonyl (C=O) groups is 4. The van der Waals surface area contributed by atoms with Gasteiger partial charge in [-0.05, 0) is 40.0 Å². The molecule has 0 aromatic rings. The molecule has 0 spiro atoms. The minimum atomic E-state index is -1.15. The minimum absolute atomic E-state index is 0.0821. The summed E-state index contributed by atoms with van der Waals surface area (Å²) in [5.41, 5.74) is -0.588. The summed E-state index contributed by atoms with van der Waals surface area (Å²) >= 11 is 0. The van der Waals surface area contributed by atoms with E-state index in [0.717, 1.165) is 4.90 Å². The number of rotatable bonds is 8. The fraction of sp³-hybridized carbons (Fsp3) is 0.750. The number of unbranched alkanes of at least 4 members (excludes halogenated alkanes) is 1. The van der Waals surface area contributed by atoms with Crippen molar-refractivity contribution in [2.75, 3.05) is 13.1 Å². The lowest BCUT2D eigenvalue weighted by molar-refractivity contribution is -0.148. The van der Waals surface area contributed by atoms with Gasteiger partial charge in [-0.1, -0.05) is 0 Å². The predicted molar refractivity (Wildman–Crippen MR) is 87.0 cm³/mol. The van der Waals surface area contributed by atoms with Crippen LogP contribution in [0.25, 0.3) is 0 Å². The lowest BCUT2D eigenvalue weighted by atomic mass is 10.1. The Labute approximate surface area is 146 Å². The number of hydrogen-bond acceptors (Lipinski definition) is 5. The highest BCUT2D eigenvalue weighted by Crippen LogP contribution is 2.23. The Hall–Kier alpha value is -2.32. The molecule has 0 saturated carbocycles. The van der Waals surface area contributed by atoms with Gasteiger partial charge < -0.3 is 25.2 Å². The molecular weight excluding hydrogens is 332 g/mol. The largest absolute Gasteiger partial charge is 0.481 e. The molecular formula is C16H26N2O7. The fourth-order valence-corrected chi connectivity index (χ4v) is 2.58. The molecule has 9 nitrogen and oxygen atoms in total. The number of nitrogens with zero attached hydrogens (tertiary/aromatic N) is 1. The van der Waals surface area contributed by atoms with Crippen molar-refractivity contribution in [2.45, 2.75) is 58.1 Å². The normalized spacial score (nSPS) is 18.8. The van der Waals surface area contributed by atoms with Crippen molar-refractivity contribution in [3.63, 3.8) is 0 Å². The van der Waals surface area contributed by atoms with Crippen molar-refractivity contribution in [3.05, 3.63) is 0 Å². The number of amides is 2. The van der Waals surface area contributed by atoms with E-state index in [2.05, 4.69) is 5.32 Å². The number of carboxylic acid groups (broad SMARTS) is 2. The lowest BCUT2D eigenvalue weighted by Gasteiger charge is -2.24. The average molecular weight is 358 g/mol. The molecule has 142 valence electrons. The van der Waals surface area contributed by atoms with Gasteiger partial charge in [0.15, 0.2) is 0 Å². The maximum Gasteiger partial charge on any atom is 0.407 e. The zero-order valence-corrected chi connectivity index (χ0v) is 14.8. The highest BCUT2D eigenvalue weighted by Gasteiger charge is 2.40. The van der Waals surface area contributed by atoms with E-state index in [4.69, 9.17) is 9.84 Å². The maximum atomic E-state index is 11.9. The molecule has 2 atom stereocenters. The number of carboxylic acids is 2. The molecule has 25 heavy (non-hydrogen) atoms. The van der Waals surface area contributed by atoms with Gasteiger partial charge >= 0.3 is 18.0 Å². The summed E-state index contributed by atoms with van der Waals surface area (Å²) in [6.45, 7) is 5.50. The van der Waals surface area contributed by atoms with Gasteiger partial charge in [0, 0.05) is 19.5 Å². The summed E-state index contributed by atoms with van der Waals surface area (Å²) < 4.78 is 5.08.